The molecule has 3 rings (SSSR count). The molecule has 1 saturated carbocycles. The molecule has 2 aliphatic rings. The summed E-state index contributed by atoms with van der Waals surface area (Å²) in [5, 5.41) is 3.42. The van der Waals surface area contributed by atoms with E-state index >= 15 is 0 Å². The molecule has 1 aromatic carbocycles. The Morgan fingerprint density at radius 3 is 2.65 bits per heavy atom. The van der Waals surface area contributed by atoms with Gasteiger partial charge >= 0.3 is 0 Å². The van der Waals surface area contributed by atoms with Crippen LogP contribution in [-0.4, -0.2) is 36.5 Å². The second-order valence-corrected chi connectivity index (χ2v) is 6.21. The fraction of sp³-hybridized carbons (Fsp3) is 0.588. The fourth-order valence-electron chi connectivity index (χ4n) is 3.51. The van der Waals surface area contributed by atoms with E-state index in [0.717, 1.165) is 38.9 Å². The van der Waals surface area contributed by atoms with Crippen LogP contribution in [0.25, 0.3) is 0 Å². The SMILES string of the molecule is CC1CNCCCN1C(=O)C1(c2ccccc2)CCC1. The van der Waals surface area contributed by atoms with Gasteiger partial charge in [0, 0.05) is 19.1 Å². The molecule has 108 valence electrons. The lowest BCUT2D eigenvalue weighted by Crippen LogP contribution is -2.54. The van der Waals surface area contributed by atoms with E-state index < -0.39 is 0 Å². The first-order chi connectivity index (χ1) is 9.74. The van der Waals surface area contributed by atoms with Crippen molar-refractivity contribution in [2.45, 2.75) is 44.1 Å². The summed E-state index contributed by atoms with van der Waals surface area (Å²) >= 11 is 0. The van der Waals surface area contributed by atoms with E-state index in [9.17, 15) is 4.79 Å². The molecule has 0 radical (unpaired) electrons. The van der Waals surface area contributed by atoms with E-state index in [0.29, 0.717) is 11.9 Å². The molecular weight excluding hydrogens is 248 g/mol. The van der Waals surface area contributed by atoms with Gasteiger partial charge < -0.3 is 10.2 Å². The predicted octanol–water partition coefficient (Wildman–Crippen LogP) is 2.32. The Balaban J connectivity index is 1.87. The van der Waals surface area contributed by atoms with Gasteiger partial charge in [-0.25, -0.2) is 0 Å². The normalized spacial score (nSPS) is 25.6. The highest BCUT2D eigenvalue weighted by Crippen LogP contribution is 2.45. The van der Waals surface area contributed by atoms with Crippen LogP contribution >= 0.6 is 0 Å². The summed E-state index contributed by atoms with van der Waals surface area (Å²) in [6.45, 7) is 4.98. The van der Waals surface area contributed by atoms with E-state index in [1.54, 1.807) is 0 Å². The third kappa shape index (κ3) is 2.24. The molecule has 0 aromatic heterocycles. The summed E-state index contributed by atoms with van der Waals surface area (Å²) in [4.78, 5) is 15.3. The summed E-state index contributed by atoms with van der Waals surface area (Å²) in [5.41, 5.74) is 0.973. The van der Waals surface area contributed by atoms with Crippen LogP contribution in [0.4, 0.5) is 0 Å². The van der Waals surface area contributed by atoms with Crippen molar-refractivity contribution < 1.29 is 4.79 Å². The summed E-state index contributed by atoms with van der Waals surface area (Å²) in [6.07, 6.45) is 4.24. The Morgan fingerprint density at radius 2 is 2.00 bits per heavy atom. The molecule has 2 fully saturated rings. The molecule has 20 heavy (non-hydrogen) atoms. The van der Waals surface area contributed by atoms with Crippen LogP contribution in [0.15, 0.2) is 30.3 Å². The minimum absolute atomic E-state index is 0.236. The third-order valence-electron chi connectivity index (χ3n) is 4.93. The van der Waals surface area contributed by atoms with Crippen molar-refractivity contribution in [2.75, 3.05) is 19.6 Å². The molecule has 0 bridgehead atoms. The van der Waals surface area contributed by atoms with Crippen LogP contribution in [0.5, 0.6) is 0 Å². The summed E-state index contributed by atoms with van der Waals surface area (Å²) in [5.74, 6) is 0.353. The molecular formula is C17H24N2O. The van der Waals surface area contributed by atoms with Gasteiger partial charge in [-0.15, -0.1) is 0 Å². The Bertz CT molecular complexity index is 467. The van der Waals surface area contributed by atoms with Crippen molar-refractivity contribution in [1.82, 2.24) is 10.2 Å². The number of amides is 1. The minimum atomic E-state index is -0.236. The number of hydrogen-bond donors (Lipinski definition) is 1. The Labute approximate surface area is 121 Å². The zero-order valence-electron chi connectivity index (χ0n) is 12.3. The summed E-state index contributed by atoms with van der Waals surface area (Å²) < 4.78 is 0. The van der Waals surface area contributed by atoms with Gasteiger partial charge in [-0.3, -0.25) is 4.79 Å². The highest BCUT2D eigenvalue weighted by Gasteiger charge is 2.48. The smallest absolute Gasteiger partial charge is 0.233 e. The predicted molar refractivity (Wildman–Crippen MR) is 80.6 cm³/mol. The lowest BCUT2D eigenvalue weighted by atomic mass is 9.63. The number of carbonyl (C=O) groups is 1. The Kier molecular flexibility index (Phi) is 3.79. The molecule has 1 aromatic rings. The number of benzene rings is 1. The van der Waals surface area contributed by atoms with Crippen LogP contribution in [0.1, 0.15) is 38.2 Å². The molecule has 3 heteroatoms. The number of carbonyl (C=O) groups excluding carboxylic acids is 1. The van der Waals surface area contributed by atoms with Gasteiger partial charge in [0.2, 0.25) is 5.91 Å². The van der Waals surface area contributed by atoms with Crippen molar-refractivity contribution in [2.24, 2.45) is 0 Å². The maximum atomic E-state index is 13.2. The van der Waals surface area contributed by atoms with Gasteiger partial charge in [0.1, 0.15) is 0 Å². The van der Waals surface area contributed by atoms with Crippen LogP contribution in [0.2, 0.25) is 0 Å². The summed E-state index contributed by atoms with van der Waals surface area (Å²) in [7, 11) is 0. The fourth-order valence-corrected chi connectivity index (χ4v) is 3.51. The quantitative estimate of drug-likeness (QED) is 0.896. The highest BCUT2D eigenvalue weighted by molar-refractivity contribution is 5.89. The highest BCUT2D eigenvalue weighted by atomic mass is 16.2. The van der Waals surface area contributed by atoms with E-state index in [-0.39, 0.29) is 5.41 Å². The molecule has 1 atom stereocenters. The molecule has 1 heterocycles. The van der Waals surface area contributed by atoms with E-state index in [1.165, 1.54) is 12.0 Å². The largest absolute Gasteiger partial charge is 0.338 e. The Morgan fingerprint density at radius 1 is 1.25 bits per heavy atom. The van der Waals surface area contributed by atoms with Crippen molar-refractivity contribution in [3.8, 4) is 0 Å². The van der Waals surface area contributed by atoms with Gasteiger partial charge in [0.15, 0.2) is 0 Å². The molecule has 1 unspecified atom stereocenters. The van der Waals surface area contributed by atoms with E-state index in [4.69, 9.17) is 0 Å². The monoisotopic (exact) mass is 272 g/mol. The zero-order valence-corrected chi connectivity index (χ0v) is 12.3. The van der Waals surface area contributed by atoms with E-state index in [1.807, 2.05) is 6.07 Å². The molecule has 3 nitrogen and oxygen atoms in total. The topological polar surface area (TPSA) is 32.3 Å². The molecule has 1 aliphatic heterocycles. The third-order valence-corrected chi connectivity index (χ3v) is 4.93. The minimum Gasteiger partial charge on any atom is -0.338 e. The van der Waals surface area contributed by atoms with Crippen molar-refractivity contribution in [3.63, 3.8) is 0 Å². The average Bonchev–Trinajstić information content (AvgIpc) is 2.63. The van der Waals surface area contributed by atoms with Crippen molar-refractivity contribution in [3.05, 3.63) is 35.9 Å². The average molecular weight is 272 g/mol. The van der Waals surface area contributed by atoms with Crippen LogP contribution in [0.3, 0.4) is 0 Å². The first kappa shape index (κ1) is 13.6. The second-order valence-electron chi connectivity index (χ2n) is 6.21. The van der Waals surface area contributed by atoms with Crippen molar-refractivity contribution in [1.29, 1.82) is 0 Å². The lowest BCUT2D eigenvalue weighted by molar-refractivity contribution is -0.142. The van der Waals surface area contributed by atoms with Gasteiger partial charge in [-0.2, -0.15) is 0 Å². The first-order valence-corrected chi connectivity index (χ1v) is 7.81. The maximum Gasteiger partial charge on any atom is 0.233 e. The van der Waals surface area contributed by atoms with Gasteiger partial charge in [0.25, 0.3) is 0 Å². The maximum absolute atomic E-state index is 13.2. The summed E-state index contributed by atoms with van der Waals surface area (Å²) in [6, 6.07) is 10.7. The Hall–Kier alpha value is -1.35. The number of hydrogen-bond acceptors (Lipinski definition) is 2. The number of rotatable bonds is 2. The van der Waals surface area contributed by atoms with Crippen LogP contribution in [0, 0.1) is 0 Å². The van der Waals surface area contributed by atoms with Gasteiger partial charge in [-0.1, -0.05) is 36.8 Å². The lowest BCUT2D eigenvalue weighted by Gasteiger charge is -2.45. The number of nitrogens with zero attached hydrogens (tertiary/aromatic N) is 1. The molecule has 1 saturated heterocycles. The van der Waals surface area contributed by atoms with Gasteiger partial charge in [-0.05, 0) is 38.3 Å². The molecule has 1 amide bonds. The van der Waals surface area contributed by atoms with E-state index in [2.05, 4.69) is 41.4 Å². The molecule has 0 spiro atoms. The zero-order chi connectivity index (χ0) is 14.0. The standard InChI is InChI=1S/C17H24N2O/c1-14-13-18-11-6-12-19(14)16(20)17(9-5-10-17)15-7-3-2-4-8-15/h2-4,7-8,14,18H,5-6,9-13H2,1H3. The first-order valence-electron chi connectivity index (χ1n) is 7.81. The molecule has 1 N–H and O–H groups in total. The molecule has 1 aliphatic carbocycles. The van der Waals surface area contributed by atoms with Crippen molar-refractivity contribution >= 4 is 5.91 Å². The van der Waals surface area contributed by atoms with Crippen LogP contribution in [-0.2, 0) is 10.2 Å². The van der Waals surface area contributed by atoms with Crippen LogP contribution < -0.4 is 5.32 Å². The second kappa shape index (κ2) is 5.57. The van der Waals surface area contributed by atoms with Gasteiger partial charge in [0.05, 0.1) is 5.41 Å². The number of nitrogens with one attached hydrogen (secondary N) is 1.